The summed E-state index contributed by atoms with van der Waals surface area (Å²) in [7, 11) is 0. The number of unbranched alkanes of at least 4 members (excludes halogenated alkanes) is 5. The molecule has 0 saturated heterocycles. The molecule has 5 nitrogen and oxygen atoms in total. The molecule has 1 N–H and O–H groups in total. The molecule has 0 aliphatic carbocycles. The van der Waals surface area contributed by atoms with Gasteiger partial charge in [-0.3, -0.25) is 14.4 Å². The first-order valence-corrected chi connectivity index (χ1v) is 9.96. The van der Waals surface area contributed by atoms with Crippen LogP contribution in [0.5, 0.6) is 0 Å². The maximum absolute atomic E-state index is 11.4. The zero-order chi connectivity index (χ0) is 20.2. The van der Waals surface area contributed by atoms with E-state index in [1.165, 1.54) is 25.7 Å². The van der Waals surface area contributed by atoms with Gasteiger partial charge in [-0.05, 0) is 44.9 Å². The molecule has 0 bridgehead atoms. The number of hydrogen-bond acceptors (Lipinski definition) is 4. The smallest absolute Gasteiger partial charge is 0.314 e. The Balaban J connectivity index is 3.53. The zero-order valence-electron chi connectivity index (χ0n) is 16.5. The van der Waals surface area contributed by atoms with Crippen molar-refractivity contribution in [2.75, 3.05) is 0 Å². The van der Waals surface area contributed by atoms with E-state index in [1.807, 2.05) is 0 Å². The highest BCUT2D eigenvalue weighted by atomic mass is 16.6. The maximum atomic E-state index is 11.4. The lowest BCUT2D eigenvalue weighted by Crippen LogP contribution is -2.13. The number of carboxylic acid groups (broad SMARTS) is 1. The highest BCUT2D eigenvalue weighted by Gasteiger charge is 2.11. The number of carbonyl (C=O) groups is 3. The summed E-state index contributed by atoms with van der Waals surface area (Å²) >= 11 is 0. The number of carboxylic acids is 1. The van der Waals surface area contributed by atoms with Crippen LogP contribution in [0.25, 0.3) is 0 Å². The minimum Gasteiger partial charge on any atom is -0.481 e. The van der Waals surface area contributed by atoms with Crippen molar-refractivity contribution in [1.29, 1.82) is 0 Å². The number of carbonyl (C=O) groups excluding carboxylic acids is 2. The van der Waals surface area contributed by atoms with Gasteiger partial charge in [0.2, 0.25) is 0 Å². The quantitative estimate of drug-likeness (QED) is 0.166. The van der Waals surface area contributed by atoms with E-state index in [0.717, 1.165) is 25.7 Å². The summed E-state index contributed by atoms with van der Waals surface area (Å²) in [6.45, 7) is 2.21. The molecule has 0 saturated carbocycles. The van der Waals surface area contributed by atoms with Crippen molar-refractivity contribution in [3.8, 4) is 0 Å². The summed E-state index contributed by atoms with van der Waals surface area (Å²) in [6, 6.07) is 0. The van der Waals surface area contributed by atoms with Gasteiger partial charge in [-0.15, -0.1) is 0 Å². The van der Waals surface area contributed by atoms with Gasteiger partial charge in [0.25, 0.3) is 0 Å². The molecular weight excluding hydrogens is 344 g/mol. The summed E-state index contributed by atoms with van der Waals surface area (Å²) in [4.78, 5) is 32.9. The first-order valence-electron chi connectivity index (χ1n) is 9.96. The molecule has 0 spiro atoms. The van der Waals surface area contributed by atoms with Gasteiger partial charge in [-0.25, -0.2) is 0 Å². The molecule has 0 atom stereocenters. The van der Waals surface area contributed by atoms with E-state index < -0.39 is 17.9 Å². The Morgan fingerprint density at radius 3 is 1.78 bits per heavy atom. The third-order valence-electron chi connectivity index (χ3n) is 3.79. The Labute approximate surface area is 163 Å². The van der Waals surface area contributed by atoms with E-state index in [-0.39, 0.29) is 19.3 Å². The molecule has 0 aromatic heterocycles. The van der Waals surface area contributed by atoms with Crippen LogP contribution in [0, 0.1) is 0 Å². The highest BCUT2D eigenvalue weighted by Crippen LogP contribution is 2.05. The predicted octanol–water partition coefficient (Wildman–Crippen LogP) is 5.51. The van der Waals surface area contributed by atoms with E-state index in [1.54, 1.807) is 0 Å². The van der Waals surface area contributed by atoms with Gasteiger partial charge in [0.05, 0.1) is 12.8 Å². The van der Waals surface area contributed by atoms with E-state index in [9.17, 15) is 14.4 Å². The largest absolute Gasteiger partial charge is 0.481 e. The number of hydrogen-bond donors (Lipinski definition) is 1. The number of aliphatic carboxylic acids is 1. The van der Waals surface area contributed by atoms with Crippen LogP contribution in [0.3, 0.4) is 0 Å². The fraction of sp³-hybridized carbons (Fsp3) is 0.591. The maximum Gasteiger partial charge on any atom is 0.314 e. The molecule has 0 aliphatic rings. The van der Waals surface area contributed by atoms with Crippen molar-refractivity contribution in [1.82, 2.24) is 0 Å². The lowest BCUT2D eigenvalue weighted by atomic mass is 10.1. The van der Waals surface area contributed by atoms with Crippen molar-refractivity contribution in [2.45, 2.75) is 84.0 Å². The van der Waals surface area contributed by atoms with Crippen molar-refractivity contribution in [3.05, 3.63) is 36.5 Å². The molecule has 0 heterocycles. The lowest BCUT2D eigenvalue weighted by Gasteiger charge is -2.01. The second kappa shape index (κ2) is 18.6. The summed E-state index contributed by atoms with van der Waals surface area (Å²) in [6.07, 6.45) is 21.8. The molecule has 0 fully saturated rings. The number of allylic oxidation sites excluding steroid dienone is 6. The van der Waals surface area contributed by atoms with Crippen LogP contribution in [0.2, 0.25) is 0 Å². The van der Waals surface area contributed by atoms with Crippen molar-refractivity contribution >= 4 is 17.9 Å². The van der Waals surface area contributed by atoms with Crippen molar-refractivity contribution < 1.29 is 24.2 Å². The van der Waals surface area contributed by atoms with Crippen LogP contribution in [0.1, 0.15) is 84.0 Å². The number of ether oxygens (including phenoxy) is 1. The van der Waals surface area contributed by atoms with Crippen LogP contribution < -0.4 is 0 Å². The van der Waals surface area contributed by atoms with Crippen LogP contribution in [0.4, 0.5) is 0 Å². The molecule has 0 unspecified atom stereocenters. The second-order valence-electron chi connectivity index (χ2n) is 6.37. The lowest BCUT2D eigenvalue weighted by molar-refractivity contribution is -0.161. The van der Waals surface area contributed by atoms with Gasteiger partial charge in [0.1, 0.15) is 0 Å². The van der Waals surface area contributed by atoms with E-state index in [4.69, 9.17) is 5.11 Å². The zero-order valence-corrected chi connectivity index (χ0v) is 16.5. The van der Waals surface area contributed by atoms with Crippen LogP contribution in [0.15, 0.2) is 36.5 Å². The molecule has 5 heteroatoms. The SMILES string of the molecule is CCCCC/C=C\C/C=C\C/C=C\CCCCC(=O)OC(=O)CCC(=O)O. The average Bonchev–Trinajstić information content (AvgIpc) is 2.63. The fourth-order valence-electron chi connectivity index (χ4n) is 2.26. The van der Waals surface area contributed by atoms with E-state index in [0.29, 0.717) is 6.42 Å². The molecule has 0 radical (unpaired) electrons. The Hall–Kier alpha value is -2.17. The van der Waals surface area contributed by atoms with Gasteiger partial charge < -0.3 is 9.84 Å². The number of rotatable bonds is 16. The van der Waals surface area contributed by atoms with E-state index in [2.05, 4.69) is 48.1 Å². The van der Waals surface area contributed by atoms with Crippen molar-refractivity contribution in [2.24, 2.45) is 0 Å². The molecule has 0 amide bonds. The van der Waals surface area contributed by atoms with Gasteiger partial charge in [-0.1, -0.05) is 56.2 Å². The van der Waals surface area contributed by atoms with Crippen molar-refractivity contribution in [3.63, 3.8) is 0 Å². The van der Waals surface area contributed by atoms with Gasteiger partial charge >= 0.3 is 17.9 Å². The summed E-state index contributed by atoms with van der Waals surface area (Å²) < 4.78 is 4.55. The predicted molar refractivity (Wildman–Crippen MR) is 107 cm³/mol. The van der Waals surface area contributed by atoms with Crippen LogP contribution >= 0.6 is 0 Å². The second-order valence-corrected chi connectivity index (χ2v) is 6.37. The van der Waals surface area contributed by atoms with Gasteiger partial charge in [0.15, 0.2) is 0 Å². The van der Waals surface area contributed by atoms with E-state index >= 15 is 0 Å². The molecule has 0 aromatic carbocycles. The standard InChI is InChI=1S/C22H34O5/c1-2-3-4-5-6-7-8-9-10-11-12-13-14-15-16-17-21(25)27-22(26)19-18-20(23)24/h6-7,9-10,12-13H,2-5,8,11,14-19H2,1H3,(H,23,24)/b7-6-,10-9-,13-12-. The topological polar surface area (TPSA) is 80.7 Å². The summed E-state index contributed by atoms with van der Waals surface area (Å²) in [5.41, 5.74) is 0. The van der Waals surface area contributed by atoms with Gasteiger partial charge in [0, 0.05) is 6.42 Å². The Kier molecular flexibility index (Phi) is 17.1. The fourth-order valence-corrected chi connectivity index (χ4v) is 2.26. The molecule has 152 valence electrons. The third-order valence-corrected chi connectivity index (χ3v) is 3.79. The molecule has 0 aromatic rings. The Morgan fingerprint density at radius 1 is 0.704 bits per heavy atom. The summed E-state index contributed by atoms with van der Waals surface area (Å²) in [5, 5.41) is 8.44. The molecule has 27 heavy (non-hydrogen) atoms. The third kappa shape index (κ3) is 20.0. The minimum atomic E-state index is -1.08. The van der Waals surface area contributed by atoms with Gasteiger partial charge in [-0.2, -0.15) is 0 Å². The molecule has 0 rings (SSSR count). The Morgan fingerprint density at radius 2 is 1.22 bits per heavy atom. The monoisotopic (exact) mass is 378 g/mol. The summed E-state index contributed by atoms with van der Waals surface area (Å²) in [5.74, 6) is -2.44. The van der Waals surface area contributed by atoms with Crippen LogP contribution in [-0.2, 0) is 19.1 Å². The number of esters is 2. The minimum absolute atomic E-state index is 0.178. The molecule has 0 aliphatic heterocycles. The van der Waals surface area contributed by atoms with Crippen LogP contribution in [-0.4, -0.2) is 23.0 Å². The normalized spacial score (nSPS) is 11.6. The average molecular weight is 379 g/mol. The highest BCUT2D eigenvalue weighted by molar-refractivity contribution is 5.86. The Bertz CT molecular complexity index is 503. The molecular formula is C22H34O5. The first-order chi connectivity index (χ1) is 13.1. The first kappa shape index (κ1) is 24.8.